The van der Waals surface area contributed by atoms with Gasteiger partial charge in [-0.05, 0) is 13.8 Å². The fraction of sp³-hybridized carbons (Fsp3) is 1.00. The zero-order valence-electron chi connectivity index (χ0n) is 6.24. The van der Waals surface area contributed by atoms with Crippen LogP contribution in [0.3, 0.4) is 0 Å². The standard InChI is InChI=1S/C4H11O4P.Pb.2H/c1-3-7-9(5,6)8-4-2;;;/h3-4H2,1-2H3,(H,5,6);;;. The summed E-state index contributed by atoms with van der Waals surface area (Å²) < 4.78 is 19.2. The fourth-order valence-electron chi connectivity index (χ4n) is 0.364. The Kier molecular flexibility index (Phi) is 9.15. The molecule has 0 saturated carbocycles. The molecule has 0 amide bonds. The Hall–Kier alpha value is 1.03. The van der Waals surface area contributed by atoms with Crippen molar-refractivity contribution in [3.8, 4) is 0 Å². The molecule has 6 heteroatoms. The molecule has 0 aromatic rings. The molecule has 0 aromatic carbocycles. The third kappa shape index (κ3) is 7.14. The van der Waals surface area contributed by atoms with Crippen LogP contribution in [0.5, 0.6) is 0 Å². The van der Waals surface area contributed by atoms with Gasteiger partial charge in [0.15, 0.2) is 0 Å². The van der Waals surface area contributed by atoms with E-state index in [0.29, 0.717) is 0 Å². The van der Waals surface area contributed by atoms with Gasteiger partial charge in [0.05, 0.1) is 13.2 Å². The number of hydrogen-bond acceptors (Lipinski definition) is 3. The Bertz CT molecular complexity index is 108. The van der Waals surface area contributed by atoms with Gasteiger partial charge in [0, 0.05) is 0 Å². The van der Waals surface area contributed by atoms with Gasteiger partial charge in [0.2, 0.25) is 0 Å². The van der Waals surface area contributed by atoms with Crippen LogP contribution < -0.4 is 0 Å². The molecule has 0 aliphatic carbocycles. The van der Waals surface area contributed by atoms with Crippen LogP contribution in [-0.4, -0.2) is 45.4 Å². The van der Waals surface area contributed by atoms with Crippen LogP contribution in [0.4, 0.5) is 0 Å². The average Bonchev–Trinajstić information content (AvgIpc) is 1.64. The zero-order valence-corrected chi connectivity index (χ0v) is 12.6. The van der Waals surface area contributed by atoms with Crippen molar-refractivity contribution in [3.05, 3.63) is 0 Å². The minimum absolute atomic E-state index is 0. The summed E-state index contributed by atoms with van der Waals surface area (Å²) in [7, 11) is -3.69. The molecular weight excluding hydrogens is 350 g/mol. The third-order valence-corrected chi connectivity index (χ3v) is 1.75. The van der Waals surface area contributed by atoms with Crippen molar-refractivity contribution in [2.45, 2.75) is 13.8 Å². The van der Waals surface area contributed by atoms with Crippen molar-refractivity contribution in [1.29, 1.82) is 0 Å². The Morgan fingerprint density at radius 2 is 1.60 bits per heavy atom. The molecule has 10 heavy (non-hydrogen) atoms. The van der Waals surface area contributed by atoms with Gasteiger partial charge in [-0.25, -0.2) is 4.57 Å². The first-order chi connectivity index (χ1) is 4.12. The summed E-state index contributed by atoms with van der Waals surface area (Å²) >= 11 is 0. The molecule has 0 fully saturated rings. The summed E-state index contributed by atoms with van der Waals surface area (Å²) in [5.74, 6) is 0. The molecule has 4 nitrogen and oxygen atoms in total. The Morgan fingerprint density at radius 1 is 1.30 bits per heavy atom. The van der Waals surface area contributed by atoms with Gasteiger partial charge < -0.3 is 4.89 Å². The number of phosphoric ester groups is 1. The maximum absolute atomic E-state index is 10.5. The van der Waals surface area contributed by atoms with E-state index >= 15 is 0 Å². The van der Waals surface area contributed by atoms with Gasteiger partial charge in [-0.15, -0.1) is 0 Å². The molecule has 0 spiro atoms. The number of phosphoric acid groups is 1. The van der Waals surface area contributed by atoms with Crippen LogP contribution in [0.2, 0.25) is 0 Å². The second-order valence-electron chi connectivity index (χ2n) is 1.30. The molecule has 62 valence electrons. The van der Waals surface area contributed by atoms with Crippen LogP contribution >= 0.6 is 7.82 Å². The van der Waals surface area contributed by atoms with E-state index in [-0.39, 0.29) is 40.5 Å². The summed E-state index contributed by atoms with van der Waals surface area (Å²) in [5.41, 5.74) is 0. The SMILES string of the molecule is CCOP(=O)(O)OCC.[PbH2]. The summed E-state index contributed by atoms with van der Waals surface area (Å²) in [5, 5.41) is 0. The Balaban J connectivity index is 0. The molecule has 0 saturated heterocycles. The molecule has 1 N–H and O–H groups in total. The predicted molar refractivity (Wildman–Crippen MR) is 41.6 cm³/mol. The van der Waals surface area contributed by atoms with Crippen LogP contribution in [0.15, 0.2) is 0 Å². The van der Waals surface area contributed by atoms with Crippen molar-refractivity contribution >= 4 is 35.1 Å². The van der Waals surface area contributed by atoms with E-state index < -0.39 is 7.82 Å². The second kappa shape index (κ2) is 6.72. The van der Waals surface area contributed by atoms with Crippen molar-refractivity contribution in [3.63, 3.8) is 0 Å². The van der Waals surface area contributed by atoms with E-state index in [1.165, 1.54) is 0 Å². The monoisotopic (exact) mass is 364 g/mol. The van der Waals surface area contributed by atoms with Crippen molar-refractivity contribution in [2.75, 3.05) is 13.2 Å². The molecule has 0 bridgehead atoms. The topological polar surface area (TPSA) is 55.8 Å². The maximum atomic E-state index is 10.5. The Labute approximate surface area is 80.7 Å². The van der Waals surface area contributed by atoms with Crippen LogP contribution in [0.1, 0.15) is 13.8 Å². The normalized spacial score (nSPS) is 10.7. The molecule has 0 unspecified atom stereocenters. The van der Waals surface area contributed by atoms with E-state index in [2.05, 4.69) is 9.05 Å². The predicted octanol–water partition coefficient (Wildman–Crippen LogP) is 0.244. The first kappa shape index (κ1) is 13.6. The fourth-order valence-corrected chi connectivity index (χ4v) is 1.09. The van der Waals surface area contributed by atoms with E-state index in [1.807, 2.05) is 0 Å². The van der Waals surface area contributed by atoms with Gasteiger partial charge in [-0.2, -0.15) is 0 Å². The average molecular weight is 363 g/mol. The van der Waals surface area contributed by atoms with Crippen LogP contribution in [0, 0.1) is 0 Å². The Morgan fingerprint density at radius 3 is 1.80 bits per heavy atom. The van der Waals surface area contributed by atoms with E-state index in [4.69, 9.17) is 4.89 Å². The molecule has 0 aromatic heterocycles. The number of hydrogen-bond donors (Lipinski definition) is 1. The van der Waals surface area contributed by atoms with Gasteiger partial charge in [-0.3, -0.25) is 9.05 Å². The van der Waals surface area contributed by atoms with Gasteiger partial charge in [0.1, 0.15) is 0 Å². The molecule has 0 aliphatic heterocycles. The van der Waals surface area contributed by atoms with Gasteiger partial charge in [-0.1, -0.05) is 0 Å². The first-order valence-electron chi connectivity index (χ1n) is 2.74. The first-order valence-corrected chi connectivity index (χ1v) is 4.23. The van der Waals surface area contributed by atoms with E-state index in [9.17, 15) is 4.57 Å². The second-order valence-corrected chi connectivity index (χ2v) is 2.76. The van der Waals surface area contributed by atoms with Crippen LogP contribution in [-0.2, 0) is 13.6 Å². The quantitative estimate of drug-likeness (QED) is 0.575. The molecule has 0 aliphatic rings. The van der Waals surface area contributed by atoms with Gasteiger partial charge >= 0.3 is 35.1 Å². The minimum atomic E-state index is -3.69. The molecule has 0 heterocycles. The molecule has 2 radical (unpaired) electrons. The summed E-state index contributed by atoms with van der Waals surface area (Å²) in [6.45, 7) is 3.63. The van der Waals surface area contributed by atoms with Crippen molar-refractivity contribution in [2.24, 2.45) is 0 Å². The zero-order chi connectivity index (χ0) is 7.33. The van der Waals surface area contributed by atoms with Gasteiger partial charge in [0.25, 0.3) is 0 Å². The molecule has 0 atom stereocenters. The molecule has 0 rings (SSSR count). The van der Waals surface area contributed by atoms with E-state index in [0.717, 1.165) is 0 Å². The molecular formula is C4H13O4PPb. The van der Waals surface area contributed by atoms with Crippen molar-refractivity contribution < 1.29 is 18.5 Å². The van der Waals surface area contributed by atoms with E-state index in [1.54, 1.807) is 13.8 Å². The number of rotatable bonds is 4. The van der Waals surface area contributed by atoms with Crippen LogP contribution in [0.25, 0.3) is 0 Å². The van der Waals surface area contributed by atoms with Crippen molar-refractivity contribution in [1.82, 2.24) is 0 Å². The summed E-state index contributed by atoms with van der Waals surface area (Å²) in [6, 6.07) is 0. The summed E-state index contributed by atoms with van der Waals surface area (Å²) in [6.07, 6.45) is 0. The summed E-state index contributed by atoms with van der Waals surface area (Å²) in [4.78, 5) is 8.63. The third-order valence-electron chi connectivity index (χ3n) is 0.584.